The molecule has 0 atom stereocenters. The highest BCUT2D eigenvalue weighted by Gasteiger charge is 2.30. The Labute approximate surface area is 120 Å². The van der Waals surface area contributed by atoms with E-state index in [1.807, 2.05) is 0 Å². The molecule has 0 amide bonds. The molecule has 0 unspecified atom stereocenters. The van der Waals surface area contributed by atoms with E-state index in [0.717, 1.165) is 37.8 Å². The Morgan fingerprint density at radius 3 is 1.94 bits per heavy atom. The molecule has 1 aliphatic rings. The van der Waals surface area contributed by atoms with E-state index in [1.54, 1.807) is 4.31 Å². The fourth-order valence-electron chi connectivity index (χ4n) is 2.40. The summed E-state index contributed by atoms with van der Waals surface area (Å²) in [5.74, 6) is 0. The molecule has 18 heavy (non-hydrogen) atoms. The number of alkyl halides is 1. The van der Waals surface area contributed by atoms with E-state index in [2.05, 4.69) is 34.7 Å². The summed E-state index contributed by atoms with van der Waals surface area (Å²) in [6.07, 6.45) is 3.60. The summed E-state index contributed by atoms with van der Waals surface area (Å²) < 4.78 is 24.5. The third-order valence-electron chi connectivity index (χ3n) is 4.14. The average Bonchev–Trinajstić information content (AvgIpc) is 2.36. The van der Waals surface area contributed by atoms with Gasteiger partial charge in [-0.3, -0.25) is 0 Å². The van der Waals surface area contributed by atoms with E-state index < -0.39 is 10.0 Å². The van der Waals surface area contributed by atoms with Gasteiger partial charge in [0, 0.05) is 38.1 Å². The van der Waals surface area contributed by atoms with Crippen LogP contribution in [0.25, 0.3) is 0 Å². The van der Waals surface area contributed by atoms with Gasteiger partial charge in [0.25, 0.3) is 0 Å². The van der Waals surface area contributed by atoms with Crippen molar-refractivity contribution in [3.8, 4) is 0 Å². The molecule has 1 rings (SSSR count). The normalized spacial score (nSPS) is 20.2. The number of piperazine rings is 1. The molecule has 0 bridgehead atoms. The van der Waals surface area contributed by atoms with Crippen LogP contribution < -0.4 is 0 Å². The molecule has 0 aromatic carbocycles. The molecule has 1 aliphatic heterocycles. The van der Waals surface area contributed by atoms with Gasteiger partial charge in [0.15, 0.2) is 0 Å². The van der Waals surface area contributed by atoms with Gasteiger partial charge in [-0.2, -0.15) is 4.31 Å². The Hall–Kier alpha value is 0.350. The fourth-order valence-corrected chi connectivity index (χ4v) is 4.20. The minimum absolute atomic E-state index is 0.327. The summed E-state index contributed by atoms with van der Waals surface area (Å²) >= 11 is 3.63. The largest absolute Gasteiger partial charge is 0.300 e. The Balaban J connectivity index is 2.53. The number of halogens is 1. The number of hydrogen-bond donors (Lipinski definition) is 0. The van der Waals surface area contributed by atoms with Gasteiger partial charge in [0.2, 0.25) is 10.0 Å². The second-order valence-electron chi connectivity index (χ2n) is 5.28. The van der Waals surface area contributed by atoms with Gasteiger partial charge < -0.3 is 4.90 Å². The van der Waals surface area contributed by atoms with Crippen molar-refractivity contribution in [2.75, 3.05) is 44.3 Å². The molecular weight excluding hydrogens is 316 g/mol. The quantitative estimate of drug-likeness (QED) is 0.692. The minimum atomic E-state index is -3.01. The van der Waals surface area contributed by atoms with Crippen LogP contribution >= 0.6 is 15.9 Å². The van der Waals surface area contributed by atoms with Crippen molar-refractivity contribution in [3.63, 3.8) is 0 Å². The molecule has 1 heterocycles. The fraction of sp³-hybridized carbons (Fsp3) is 1.00. The molecule has 1 fully saturated rings. The molecule has 0 N–H and O–H groups in total. The van der Waals surface area contributed by atoms with Crippen molar-refractivity contribution in [1.29, 1.82) is 0 Å². The minimum Gasteiger partial charge on any atom is -0.300 e. The van der Waals surface area contributed by atoms with E-state index in [4.69, 9.17) is 0 Å². The molecule has 6 heteroatoms. The van der Waals surface area contributed by atoms with Crippen molar-refractivity contribution in [1.82, 2.24) is 9.21 Å². The molecule has 0 radical (unpaired) electrons. The standard InChI is InChI=1S/C12H25BrN2O2S/c1-4-12(5-2,10-13)11-14-6-8-15(9-7-14)18(3,16)17/h4-11H2,1-3H3. The maximum atomic E-state index is 11.4. The lowest BCUT2D eigenvalue weighted by atomic mass is 9.84. The van der Waals surface area contributed by atoms with Crippen molar-refractivity contribution in [2.45, 2.75) is 26.7 Å². The topological polar surface area (TPSA) is 40.6 Å². The summed E-state index contributed by atoms with van der Waals surface area (Å²) in [4.78, 5) is 2.40. The Morgan fingerprint density at radius 1 is 1.11 bits per heavy atom. The van der Waals surface area contributed by atoms with Crippen LogP contribution in [-0.2, 0) is 10.0 Å². The first-order chi connectivity index (χ1) is 8.37. The molecule has 0 aromatic rings. The van der Waals surface area contributed by atoms with Gasteiger partial charge >= 0.3 is 0 Å². The lowest BCUT2D eigenvalue weighted by Crippen LogP contribution is -2.51. The average molecular weight is 341 g/mol. The highest BCUT2D eigenvalue weighted by atomic mass is 79.9. The van der Waals surface area contributed by atoms with Crippen LogP contribution in [0.3, 0.4) is 0 Å². The lowest BCUT2D eigenvalue weighted by Gasteiger charge is -2.40. The molecule has 0 saturated carbocycles. The maximum Gasteiger partial charge on any atom is 0.211 e. The second kappa shape index (κ2) is 6.68. The smallest absolute Gasteiger partial charge is 0.211 e. The number of hydrogen-bond acceptors (Lipinski definition) is 3. The van der Waals surface area contributed by atoms with Crippen LogP contribution in [0.2, 0.25) is 0 Å². The monoisotopic (exact) mass is 340 g/mol. The van der Waals surface area contributed by atoms with Crippen LogP contribution in [0.15, 0.2) is 0 Å². The summed E-state index contributed by atoms with van der Waals surface area (Å²) in [7, 11) is -3.01. The predicted molar refractivity (Wildman–Crippen MR) is 79.7 cm³/mol. The maximum absolute atomic E-state index is 11.4. The van der Waals surface area contributed by atoms with E-state index in [1.165, 1.54) is 6.26 Å². The summed E-state index contributed by atoms with van der Waals surface area (Å²) in [6, 6.07) is 0. The zero-order chi connectivity index (χ0) is 13.8. The van der Waals surface area contributed by atoms with Crippen LogP contribution in [0, 0.1) is 5.41 Å². The number of sulfonamides is 1. The van der Waals surface area contributed by atoms with Gasteiger partial charge in [-0.1, -0.05) is 29.8 Å². The third-order valence-corrected chi connectivity index (χ3v) is 6.64. The lowest BCUT2D eigenvalue weighted by molar-refractivity contribution is 0.120. The predicted octanol–water partition coefficient (Wildman–Crippen LogP) is 1.76. The van der Waals surface area contributed by atoms with Gasteiger partial charge in [0.05, 0.1) is 6.26 Å². The van der Waals surface area contributed by atoms with Crippen molar-refractivity contribution >= 4 is 26.0 Å². The molecule has 0 aliphatic carbocycles. The van der Waals surface area contributed by atoms with Gasteiger partial charge in [-0.05, 0) is 18.3 Å². The van der Waals surface area contributed by atoms with Crippen molar-refractivity contribution < 1.29 is 8.42 Å². The first kappa shape index (κ1) is 16.4. The first-order valence-electron chi connectivity index (χ1n) is 6.60. The van der Waals surface area contributed by atoms with E-state index in [-0.39, 0.29) is 0 Å². The van der Waals surface area contributed by atoms with E-state index >= 15 is 0 Å². The van der Waals surface area contributed by atoms with Gasteiger partial charge in [-0.15, -0.1) is 0 Å². The van der Waals surface area contributed by atoms with Crippen LogP contribution in [-0.4, -0.2) is 61.9 Å². The number of rotatable bonds is 6. The highest BCUT2D eigenvalue weighted by molar-refractivity contribution is 9.09. The van der Waals surface area contributed by atoms with Crippen LogP contribution in [0.1, 0.15) is 26.7 Å². The zero-order valence-corrected chi connectivity index (χ0v) is 14.1. The Kier molecular flexibility index (Phi) is 6.09. The number of nitrogens with zero attached hydrogens (tertiary/aromatic N) is 2. The summed E-state index contributed by atoms with van der Waals surface area (Å²) in [5, 5.41) is 1.01. The van der Waals surface area contributed by atoms with Gasteiger partial charge in [0.1, 0.15) is 0 Å². The van der Waals surface area contributed by atoms with Crippen LogP contribution in [0.4, 0.5) is 0 Å². The Bertz CT molecular complexity index is 339. The van der Waals surface area contributed by atoms with Gasteiger partial charge in [-0.25, -0.2) is 8.42 Å². The van der Waals surface area contributed by atoms with Crippen molar-refractivity contribution in [3.05, 3.63) is 0 Å². The highest BCUT2D eigenvalue weighted by Crippen LogP contribution is 2.30. The second-order valence-corrected chi connectivity index (χ2v) is 7.82. The third kappa shape index (κ3) is 4.18. The van der Waals surface area contributed by atoms with Crippen molar-refractivity contribution in [2.24, 2.45) is 5.41 Å². The molecule has 1 saturated heterocycles. The molecule has 0 spiro atoms. The molecule has 0 aromatic heterocycles. The summed E-state index contributed by atoms with van der Waals surface area (Å²) in [5.41, 5.74) is 0.327. The molecular formula is C12H25BrN2O2S. The first-order valence-corrected chi connectivity index (χ1v) is 9.57. The SMILES string of the molecule is CCC(CC)(CBr)CN1CCN(S(C)(=O)=O)CC1. The molecule has 108 valence electrons. The summed E-state index contributed by atoms with van der Waals surface area (Å²) in [6.45, 7) is 8.48. The zero-order valence-electron chi connectivity index (χ0n) is 11.7. The van der Waals surface area contributed by atoms with E-state index in [9.17, 15) is 8.42 Å². The van der Waals surface area contributed by atoms with Crippen LogP contribution in [0.5, 0.6) is 0 Å². The van der Waals surface area contributed by atoms with E-state index in [0.29, 0.717) is 18.5 Å². The Morgan fingerprint density at radius 2 is 1.61 bits per heavy atom. The molecule has 4 nitrogen and oxygen atoms in total.